The van der Waals surface area contributed by atoms with E-state index in [2.05, 4.69) is 15.4 Å². The first-order valence-electron chi connectivity index (χ1n) is 7.55. The normalized spacial score (nSPS) is 29.4. The van der Waals surface area contributed by atoms with Crippen molar-refractivity contribution in [2.75, 3.05) is 26.7 Å². The van der Waals surface area contributed by atoms with Crippen LogP contribution in [0.25, 0.3) is 0 Å². The van der Waals surface area contributed by atoms with Crippen molar-refractivity contribution in [1.29, 1.82) is 0 Å². The molecule has 116 valence electrons. The molecular formula is C15H23N3O3. The van der Waals surface area contributed by atoms with E-state index < -0.39 is 5.41 Å². The fourth-order valence-corrected chi connectivity index (χ4v) is 3.69. The predicted octanol–water partition coefficient (Wildman–Crippen LogP) is 1.02. The number of aryl methyl sites for hydroxylation is 2. The highest BCUT2D eigenvalue weighted by Crippen LogP contribution is 2.41. The lowest BCUT2D eigenvalue weighted by Gasteiger charge is -2.42. The van der Waals surface area contributed by atoms with E-state index in [0.717, 1.165) is 49.5 Å². The molecule has 0 radical (unpaired) electrons. The molecule has 2 aliphatic heterocycles. The van der Waals surface area contributed by atoms with Crippen LogP contribution in [0, 0.1) is 19.3 Å². The number of hydrogen-bond donors (Lipinski definition) is 1. The minimum Gasteiger partial charge on any atom is -0.377 e. The second-order valence-electron chi connectivity index (χ2n) is 6.15. The zero-order chi connectivity index (χ0) is 15.0. The number of carbonyl (C=O) groups is 1. The van der Waals surface area contributed by atoms with Crippen LogP contribution in [-0.4, -0.2) is 48.8 Å². The maximum Gasteiger partial charge on any atom is 0.229 e. The largest absolute Gasteiger partial charge is 0.377 e. The minimum atomic E-state index is -0.397. The lowest BCUT2D eigenvalue weighted by molar-refractivity contribution is -0.139. The van der Waals surface area contributed by atoms with Crippen LogP contribution in [0.15, 0.2) is 4.52 Å². The molecule has 2 atom stereocenters. The summed E-state index contributed by atoms with van der Waals surface area (Å²) in [6.07, 6.45) is 1.75. The third-order valence-electron chi connectivity index (χ3n) is 4.94. The molecule has 1 amide bonds. The number of piperidine rings is 1. The molecule has 2 saturated heterocycles. The van der Waals surface area contributed by atoms with Crippen molar-refractivity contribution in [2.45, 2.75) is 39.3 Å². The Morgan fingerprint density at radius 3 is 3.00 bits per heavy atom. The van der Waals surface area contributed by atoms with Crippen LogP contribution in [0.1, 0.15) is 29.9 Å². The van der Waals surface area contributed by atoms with Gasteiger partial charge in [0.1, 0.15) is 5.76 Å². The summed E-state index contributed by atoms with van der Waals surface area (Å²) < 4.78 is 11.0. The van der Waals surface area contributed by atoms with Crippen molar-refractivity contribution in [1.82, 2.24) is 15.4 Å². The summed E-state index contributed by atoms with van der Waals surface area (Å²) in [5.41, 5.74) is 1.68. The van der Waals surface area contributed by atoms with E-state index in [9.17, 15) is 4.79 Å². The highest BCUT2D eigenvalue weighted by atomic mass is 16.5. The Hall–Kier alpha value is -1.40. The van der Waals surface area contributed by atoms with E-state index in [4.69, 9.17) is 9.26 Å². The fourth-order valence-electron chi connectivity index (χ4n) is 3.69. The van der Waals surface area contributed by atoms with Gasteiger partial charge in [0.2, 0.25) is 5.91 Å². The number of fused-ring (bicyclic) bond motifs is 1. The summed E-state index contributed by atoms with van der Waals surface area (Å²) in [7, 11) is 1.71. The standard InChI is InChI=1S/C15H23N3O3/c1-10-12(11(2)21-17-10)8-18-6-4-13-15(9-18,5-7-20-13)14(19)16-3/h13H,4-9H2,1-3H3,(H,16,19)/t13-,15-/m1/s1. The van der Waals surface area contributed by atoms with Crippen molar-refractivity contribution >= 4 is 5.91 Å². The number of aromatic nitrogens is 1. The molecule has 0 aromatic carbocycles. The SMILES string of the molecule is CNC(=O)[C@@]12CCO[C@@H]1CCN(Cc1c(C)noc1C)C2. The minimum absolute atomic E-state index is 0.0540. The third-order valence-corrected chi connectivity index (χ3v) is 4.94. The fraction of sp³-hybridized carbons (Fsp3) is 0.733. The number of likely N-dealkylation sites (tertiary alicyclic amines) is 1. The van der Waals surface area contributed by atoms with Crippen LogP contribution in [0.2, 0.25) is 0 Å². The Labute approximate surface area is 124 Å². The van der Waals surface area contributed by atoms with Crippen molar-refractivity contribution in [3.8, 4) is 0 Å². The van der Waals surface area contributed by atoms with Gasteiger partial charge in [-0.2, -0.15) is 0 Å². The zero-order valence-electron chi connectivity index (χ0n) is 12.9. The van der Waals surface area contributed by atoms with Gasteiger partial charge in [0.15, 0.2) is 0 Å². The van der Waals surface area contributed by atoms with Gasteiger partial charge in [-0.15, -0.1) is 0 Å². The number of ether oxygens (including phenoxy) is 1. The second kappa shape index (κ2) is 5.42. The monoisotopic (exact) mass is 293 g/mol. The number of hydrogen-bond acceptors (Lipinski definition) is 5. The summed E-state index contributed by atoms with van der Waals surface area (Å²) in [6.45, 7) is 7.04. The highest BCUT2D eigenvalue weighted by Gasteiger charge is 2.52. The molecule has 1 aromatic heterocycles. The van der Waals surface area contributed by atoms with Crippen molar-refractivity contribution in [2.24, 2.45) is 5.41 Å². The first-order valence-corrected chi connectivity index (χ1v) is 7.55. The molecule has 1 aromatic rings. The first-order chi connectivity index (χ1) is 10.1. The van der Waals surface area contributed by atoms with Crippen LogP contribution in [-0.2, 0) is 16.1 Å². The molecule has 2 fully saturated rings. The molecule has 0 spiro atoms. The van der Waals surface area contributed by atoms with E-state index >= 15 is 0 Å². The average Bonchev–Trinajstić information content (AvgIpc) is 3.05. The molecule has 3 rings (SSSR count). The quantitative estimate of drug-likeness (QED) is 0.901. The number of rotatable bonds is 3. The van der Waals surface area contributed by atoms with Crippen molar-refractivity contribution in [3.63, 3.8) is 0 Å². The maximum absolute atomic E-state index is 12.4. The molecule has 21 heavy (non-hydrogen) atoms. The smallest absolute Gasteiger partial charge is 0.229 e. The molecule has 0 unspecified atom stereocenters. The van der Waals surface area contributed by atoms with Crippen LogP contribution in [0.3, 0.4) is 0 Å². The van der Waals surface area contributed by atoms with Gasteiger partial charge in [0, 0.05) is 38.9 Å². The molecule has 0 saturated carbocycles. The number of amides is 1. The van der Waals surface area contributed by atoms with Gasteiger partial charge >= 0.3 is 0 Å². The van der Waals surface area contributed by atoms with Gasteiger partial charge in [-0.05, 0) is 26.7 Å². The van der Waals surface area contributed by atoms with Gasteiger partial charge in [0.25, 0.3) is 0 Å². The molecule has 1 N–H and O–H groups in total. The third kappa shape index (κ3) is 2.36. The van der Waals surface area contributed by atoms with E-state index in [0.29, 0.717) is 6.61 Å². The van der Waals surface area contributed by atoms with Gasteiger partial charge in [-0.1, -0.05) is 5.16 Å². The molecule has 0 bridgehead atoms. The second-order valence-corrected chi connectivity index (χ2v) is 6.15. The number of nitrogens with zero attached hydrogens (tertiary/aromatic N) is 2. The molecular weight excluding hydrogens is 270 g/mol. The van der Waals surface area contributed by atoms with Crippen LogP contribution in [0.4, 0.5) is 0 Å². The van der Waals surface area contributed by atoms with E-state index in [-0.39, 0.29) is 12.0 Å². The van der Waals surface area contributed by atoms with Gasteiger partial charge in [-0.25, -0.2) is 0 Å². The van der Waals surface area contributed by atoms with Crippen LogP contribution < -0.4 is 5.32 Å². The Morgan fingerprint density at radius 1 is 1.52 bits per heavy atom. The predicted molar refractivity (Wildman–Crippen MR) is 76.7 cm³/mol. The molecule has 6 heteroatoms. The molecule has 6 nitrogen and oxygen atoms in total. The first kappa shape index (κ1) is 14.5. The summed E-state index contributed by atoms with van der Waals surface area (Å²) in [4.78, 5) is 14.7. The molecule has 2 aliphatic rings. The molecule has 0 aliphatic carbocycles. The Bertz CT molecular complexity index is 523. The summed E-state index contributed by atoms with van der Waals surface area (Å²) in [6, 6.07) is 0. The van der Waals surface area contributed by atoms with Gasteiger partial charge in [-0.3, -0.25) is 9.69 Å². The topological polar surface area (TPSA) is 67.6 Å². The van der Waals surface area contributed by atoms with Gasteiger partial charge in [0.05, 0.1) is 17.2 Å². The zero-order valence-corrected chi connectivity index (χ0v) is 12.9. The maximum atomic E-state index is 12.4. The highest BCUT2D eigenvalue weighted by molar-refractivity contribution is 5.83. The number of carbonyl (C=O) groups excluding carboxylic acids is 1. The van der Waals surface area contributed by atoms with Crippen molar-refractivity contribution < 1.29 is 14.1 Å². The summed E-state index contributed by atoms with van der Waals surface area (Å²) in [5, 5.41) is 6.83. The van der Waals surface area contributed by atoms with E-state index in [1.54, 1.807) is 7.05 Å². The van der Waals surface area contributed by atoms with Gasteiger partial charge < -0.3 is 14.6 Å². The average molecular weight is 293 g/mol. The van der Waals surface area contributed by atoms with Crippen molar-refractivity contribution in [3.05, 3.63) is 17.0 Å². The lowest BCUT2D eigenvalue weighted by Crippen LogP contribution is -2.56. The molecule has 3 heterocycles. The summed E-state index contributed by atoms with van der Waals surface area (Å²) >= 11 is 0. The lowest BCUT2D eigenvalue weighted by atomic mass is 9.75. The van der Waals surface area contributed by atoms with Crippen LogP contribution >= 0.6 is 0 Å². The Balaban J connectivity index is 1.79. The number of nitrogens with one attached hydrogen (secondary N) is 1. The Kier molecular flexibility index (Phi) is 3.75. The van der Waals surface area contributed by atoms with E-state index in [1.807, 2.05) is 13.8 Å². The Morgan fingerprint density at radius 2 is 2.33 bits per heavy atom. The van der Waals surface area contributed by atoms with E-state index in [1.165, 1.54) is 0 Å². The summed E-state index contributed by atoms with van der Waals surface area (Å²) in [5.74, 6) is 0.972. The van der Waals surface area contributed by atoms with Crippen LogP contribution in [0.5, 0.6) is 0 Å².